The van der Waals surface area contributed by atoms with E-state index >= 15 is 0 Å². The number of aryl methyl sites for hydroxylation is 2. The molecule has 2 rings (SSSR count). The molecule has 1 heterocycles. The molecule has 0 amide bonds. The predicted molar refractivity (Wildman–Crippen MR) is 86.7 cm³/mol. The predicted octanol–water partition coefficient (Wildman–Crippen LogP) is 2.17. The third-order valence-corrected chi connectivity index (χ3v) is 4.70. The summed E-state index contributed by atoms with van der Waals surface area (Å²) in [6.45, 7) is 5.14. The third kappa shape index (κ3) is 4.55. The van der Waals surface area contributed by atoms with Gasteiger partial charge < -0.3 is 14.7 Å². The summed E-state index contributed by atoms with van der Waals surface area (Å²) in [5.74, 6) is -0.460. The van der Waals surface area contributed by atoms with Gasteiger partial charge in [0.15, 0.2) is 6.10 Å². The van der Waals surface area contributed by atoms with Gasteiger partial charge in [0, 0.05) is 0 Å². The lowest BCUT2D eigenvalue weighted by Gasteiger charge is -2.33. The van der Waals surface area contributed by atoms with E-state index in [1.807, 2.05) is 0 Å². The third-order valence-electron chi connectivity index (χ3n) is 4.70. The Morgan fingerprint density at radius 3 is 2.68 bits per heavy atom. The van der Waals surface area contributed by atoms with Crippen molar-refractivity contribution in [3.8, 4) is 0 Å². The monoisotopic (exact) mass is 305 g/mol. The summed E-state index contributed by atoms with van der Waals surface area (Å²) in [6, 6.07) is 8.54. The van der Waals surface area contributed by atoms with Crippen LogP contribution in [0.1, 0.15) is 30.4 Å². The van der Waals surface area contributed by atoms with Crippen LogP contribution in [-0.2, 0) is 16.0 Å². The Bertz CT molecular complexity index is 481. The number of aliphatic hydroxyl groups is 1. The first-order valence-electron chi connectivity index (χ1n) is 8.14. The summed E-state index contributed by atoms with van der Waals surface area (Å²) in [5, 5.41) is 9.89. The molecule has 1 unspecified atom stereocenters. The van der Waals surface area contributed by atoms with Crippen LogP contribution in [-0.4, -0.2) is 48.8 Å². The van der Waals surface area contributed by atoms with E-state index in [1.54, 1.807) is 0 Å². The summed E-state index contributed by atoms with van der Waals surface area (Å²) < 4.78 is 4.61. The zero-order valence-electron chi connectivity index (χ0n) is 13.6. The first-order valence-corrected chi connectivity index (χ1v) is 8.14. The van der Waals surface area contributed by atoms with Crippen LogP contribution in [0.5, 0.6) is 0 Å². The Morgan fingerprint density at radius 1 is 1.36 bits per heavy atom. The van der Waals surface area contributed by atoms with E-state index in [2.05, 4.69) is 40.8 Å². The maximum Gasteiger partial charge on any atom is 0.334 e. The number of carbonyl (C=O) groups is 1. The molecule has 4 nitrogen and oxygen atoms in total. The molecule has 1 aliphatic rings. The van der Waals surface area contributed by atoms with Crippen molar-refractivity contribution in [3.63, 3.8) is 0 Å². The lowest BCUT2D eigenvalue weighted by Crippen LogP contribution is -2.41. The van der Waals surface area contributed by atoms with Crippen LogP contribution < -0.4 is 0 Å². The maximum atomic E-state index is 11.4. The standard InChI is InChI=1S/C18H27NO3/c1-14-6-3-4-7-15(14)8-5-11-19-12-9-16(10-13-19)17(20)18(21)22-2/h3-4,6-7,16-17,20H,5,8-13H2,1-2H3. The van der Waals surface area contributed by atoms with Crippen LogP contribution in [0.3, 0.4) is 0 Å². The molecule has 0 aliphatic carbocycles. The van der Waals surface area contributed by atoms with Crippen LogP contribution in [0, 0.1) is 12.8 Å². The van der Waals surface area contributed by atoms with E-state index in [4.69, 9.17) is 0 Å². The quantitative estimate of drug-likeness (QED) is 0.818. The second-order valence-corrected chi connectivity index (χ2v) is 6.18. The van der Waals surface area contributed by atoms with Gasteiger partial charge in [0.2, 0.25) is 0 Å². The minimum atomic E-state index is -0.959. The summed E-state index contributed by atoms with van der Waals surface area (Å²) in [7, 11) is 1.33. The van der Waals surface area contributed by atoms with Crippen molar-refractivity contribution in [2.24, 2.45) is 5.92 Å². The molecule has 22 heavy (non-hydrogen) atoms. The van der Waals surface area contributed by atoms with Gasteiger partial charge in [0.1, 0.15) is 0 Å². The highest BCUT2D eigenvalue weighted by molar-refractivity contribution is 5.74. The molecule has 1 saturated heterocycles. The summed E-state index contributed by atoms with van der Waals surface area (Å²) in [4.78, 5) is 13.8. The molecular weight excluding hydrogens is 278 g/mol. The SMILES string of the molecule is COC(=O)C(O)C1CCN(CCCc2ccccc2C)CC1. The topological polar surface area (TPSA) is 49.8 Å². The number of nitrogens with zero attached hydrogens (tertiary/aromatic N) is 1. The molecule has 1 aromatic carbocycles. The fourth-order valence-electron chi connectivity index (χ4n) is 3.19. The fourth-order valence-corrected chi connectivity index (χ4v) is 3.19. The van der Waals surface area contributed by atoms with E-state index in [0.717, 1.165) is 45.3 Å². The first-order chi connectivity index (χ1) is 10.6. The van der Waals surface area contributed by atoms with E-state index < -0.39 is 12.1 Å². The van der Waals surface area contributed by atoms with Crippen molar-refractivity contribution in [2.75, 3.05) is 26.7 Å². The number of piperidine rings is 1. The Kier molecular flexibility index (Phi) is 6.40. The number of hydrogen-bond acceptors (Lipinski definition) is 4. The Morgan fingerprint density at radius 2 is 2.05 bits per heavy atom. The molecular formula is C18H27NO3. The van der Waals surface area contributed by atoms with Crippen LogP contribution in [0.25, 0.3) is 0 Å². The number of likely N-dealkylation sites (tertiary alicyclic amines) is 1. The molecule has 1 N–H and O–H groups in total. The molecule has 1 atom stereocenters. The van der Waals surface area contributed by atoms with Crippen molar-refractivity contribution in [1.29, 1.82) is 0 Å². The van der Waals surface area contributed by atoms with Gasteiger partial charge in [-0.3, -0.25) is 0 Å². The number of esters is 1. The minimum Gasteiger partial charge on any atom is -0.467 e. The Balaban J connectivity index is 1.70. The lowest BCUT2D eigenvalue weighted by atomic mass is 9.91. The highest BCUT2D eigenvalue weighted by Gasteiger charge is 2.30. The molecule has 122 valence electrons. The van der Waals surface area contributed by atoms with Gasteiger partial charge in [0.05, 0.1) is 7.11 Å². The fraction of sp³-hybridized carbons (Fsp3) is 0.611. The first kappa shape index (κ1) is 17.0. The largest absolute Gasteiger partial charge is 0.467 e. The molecule has 0 bridgehead atoms. The zero-order chi connectivity index (χ0) is 15.9. The molecule has 0 aromatic heterocycles. The number of aliphatic hydroxyl groups excluding tert-OH is 1. The minimum absolute atomic E-state index is 0.0417. The lowest BCUT2D eigenvalue weighted by molar-refractivity contribution is -0.154. The van der Waals surface area contributed by atoms with Crippen LogP contribution >= 0.6 is 0 Å². The maximum absolute atomic E-state index is 11.4. The molecule has 4 heteroatoms. The van der Waals surface area contributed by atoms with Crippen LogP contribution in [0.4, 0.5) is 0 Å². The van der Waals surface area contributed by atoms with Crippen molar-refractivity contribution >= 4 is 5.97 Å². The molecule has 1 fully saturated rings. The van der Waals surface area contributed by atoms with Crippen molar-refractivity contribution in [3.05, 3.63) is 35.4 Å². The molecule has 1 aliphatic heterocycles. The molecule has 0 radical (unpaired) electrons. The summed E-state index contributed by atoms with van der Waals surface area (Å²) in [6.07, 6.45) is 3.02. The van der Waals surface area contributed by atoms with Gasteiger partial charge in [0.25, 0.3) is 0 Å². The van der Waals surface area contributed by atoms with Crippen molar-refractivity contribution in [1.82, 2.24) is 4.90 Å². The molecule has 0 spiro atoms. The number of methoxy groups -OCH3 is 1. The Hall–Kier alpha value is -1.39. The second kappa shape index (κ2) is 8.30. The highest BCUT2D eigenvalue weighted by atomic mass is 16.5. The van der Waals surface area contributed by atoms with E-state index in [0.29, 0.717) is 0 Å². The number of carbonyl (C=O) groups excluding carboxylic acids is 1. The van der Waals surface area contributed by atoms with Gasteiger partial charge in [-0.1, -0.05) is 24.3 Å². The van der Waals surface area contributed by atoms with Gasteiger partial charge in [-0.2, -0.15) is 0 Å². The van der Waals surface area contributed by atoms with Gasteiger partial charge in [-0.25, -0.2) is 4.79 Å². The smallest absolute Gasteiger partial charge is 0.334 e. The average molecular weight is 305 g/mol. The molecule has 0 saturated carbocycles. The summed E-state index contributed by atoms with van der Waals surface area (Å²) >= 11 is 0. The average Bonchev–Trinajstić information content (AvgIpc) is 2.56. The van der Waals surface area contributed by atoms with Crippen LogP contribution in [0.2, 0.25) is 0 Å². The van der Waals surface area contributed by atoms with Gasteiger partial charge in [-0.15, -0.1) is 0 Å². The normalized spacial score (nSPS) is 18.1. The number of rotatable bonds is 6. The molecule has 1 aromatic rings. The Labute approximate surface area is 133 Å². The van der Waals surface area contributed by atoms with Crippen LogP contribution in [0.15, 0.2) is 24.3 Å². The highest BCUT2D eigenvalue weighted by Crippen LogP contribution is 2.22. The van der Waals surface area contributed by atoms with Crippen molar-refractivity contribution in [2.45, 2.75) is 38.7 Å². The van der Waals surface area contributed by atoms with E-state index in [9.17, 15) is 9.90 Å². The van der Waals surface area contributed by atoms with Gasteiger partial charge in [-0.05, 0) is 69.3 Å². The zero-order valence-corrected chi connectivity index (χ0v) is 13.6. The number of benzene rings is 1. The van der Waals surface area contributed by atoms with Gasteiger partial charge >= 0.3 is 5.97 Å². The summed E-state index contributed by atoms with van der Waals surface area (Å²) in [5.41, 5.74) is 2.79. The van der Waals surface area contributed by atoms with E-state index in [-0.39, 0.29) is 5.92 Å². The number of hydrogen-bond donors (Lipinski definition) is 1. The second-order valence-electron chi connectivity index (χ2n) is 6.18. The number of ether oxygens (including phenoxy) is 1. The van der Waals surface area contributed by atoms with Crippen molar-refractivity contribution < 1.29 is 14.6 Å². The van der Waals surface area contributed by atoms with E-state index in [1.165, 1.54) is 18.2 Å².